The molecule has 1 amide bonds. The second-order valence-electron chi connectivity index (χ2n) is 4.65. The third-order valence-corrected chi connectivity index (χ3v) is 3.39. The van der Waals surface area contributed by atoms with Gasteiger partial charge in [0.1, 0.15) is 11.6 Å². The maximum Gasteiger partial charge on any atom is 0.255 e. The van der Waals surface area contributed by atoms with Gasteiger partial charge in [-0.05, 0) is 25.1 Å². The number of carbonyl (C=O) groups excluding carboxylic acids is 1. The molecule has 0 aliphatic heterocycles. The van der Waals surface area contributed by atoms with Gasteiger partial charge < -0.3 is 14.3 Å². The van der Waals surface area contributed by atoms with E-state index in [1.54, 1.807) is 13.0 Å². The number of imidazole rings is 1. The van der Waals surface area contributed by atoms with Crippen LogP contribution < -0.4 is 5.32 Å². The highest BCUT2D eigenvalue weighted by molar-refractivity contribution is 5.95. The van der Waals surface area contributed by atoms with Crippen LogP contribution in [0, 0.1) is 6.92 Å². The quantitative estimate of drug-likeness (QED) is 0.794. The second-order valence-corrected chi connectivity index (χ2v) is 4.65. The van der Waals surface area contributed by atoms with Crippen molar-refractivity contribution in [3.8, 4) is 0 Å². The SMILES string of the molecule is Cc1occc1C(=O)NCc1nc2ccccc2n1C. The molecule has 5 nitrogen and oxygen atoms in total. The van der Waals surface area contributed by atoms with Gasteiger partial charge in [-0.15, -0.1) is 0 Å². The Balaban J connectivity index is 1.79. The van der Waals surface area contributed by atoms with Crippen molar-refractivity contribution in [2.75, 3.05) is 0 Å². The number of aromatic nitrogens is 2. The number of para-hydroxylation sites is 2. The summed E-state index contributed by atoms with van der Waals surface area (Å²) in [6.45, 7) is 2.15. The number of carbonyl (C=O) groups is 1. The van der Waals surface area contributed by atoms with Gasteiger partial charge in [-0.2, -0.15) is 0 Å². The molecule has 0 spiro atoms. The summed E-state index contributed by atoms with van der Waals surface area (Å²) in [6.07, 6.45) is 1.51. The standard InChI is InChI=1S/C15H15N3O2/c1-10-11(7-8-20-10)15(19)16-9-14-17-12-5-3-4-6-13(12)18(14)2/h3-8H,9H2,1-2H3,(H,16,19). The fraction of sp³-hybridized carbons (Fsp3) is 0.200. The molecule has 1 N–H and O–H groups in total. The highest BCUT2D eigenvalue weighted by atomic mass is 16.3. The van der Waals surface area contributed by atoms with Crippen LogP contribution in [0.15, 0.2) is 41.0 Å². The number of hydrogen-bond donors (Lipinski definition) is 1. The largest absolute Gasteiger partial charge is 0.469 e. The Kier molecular flexibility index (Phi) is 3.02. The summed E-state index contributed by atoms with van der Waals surface area (Å²) in [5.74, 6) is 1.29. The van der Waals surface area contributed by atoms with Crippen molar-refractivity contribution in [3.63, 3.8) is 0 Å². The van der Waals surface area contributed by atoms with Crippen molar-refractivity contribution < 1.29 is 9.21 Å². The van der Waals surface area contributed by atoms with Crippen LogP contribution in [0.1, 0.15) is 21.9 Å². The molecule has 3 rings (SSSR count). The van der Waals surface area contributed by atoms with Crippen LogP contribution >= 0.6 is 0 Å². The van der Waals surface area contributed by atoms with Crippen LogP contribution in [0.25, 0.3) is 11.0 Å². The van der Waals surface area contributed by atoms with E-state index in [1.807, 2.05) is 35.9 Å². The molecule has 2 aromatic heterocycles. The van der Waals surface area contributed by atoms with Gasteiger partial charge in [0.25, 0.3) is 5.91 Å². The van der Waals surface area contributed by atoms with Crippen LogP contribution in [0.2, 0.25) is 0 Å². The van der Waals surface area contributed by atoms with Crippen LogP contribution in [0.5, 0.6) is 0 Å². The zero-order valence-electron chi connectivity index (χ0n) is 11.4. The van der Waals surface area contributed by atoms with E-state index < -0.39 is 0 Å². The number of benzene rings is 1. The number of hydrogen-bond acceptors (Lipinski definition) is 3. The molecule has 0 aliphatic carbocycles. The number of amides is 1. The maximum absolute atomic E-state index is 12.0. The van der Waals surface area contributed by atoms with Gasteiger partial charge in [0.05, 0.1) is 29.4 Å². The first-order valence-corrected chi connectivity index (χ1v) is 6.39. The number of fused-ring (bicyclic) bond motifs is 1. The molecule has 0 unspecified atom stereocenters. The van der Waals surface area contributed by atoms with Crippen molar-refractivity contribution in [1.82, 2.24) is 14.9 Å². The molecule has 0 bridgehead atoms. The topological polar surface area (TPSA) is 60.1 Å². The van der Waals surface area contributed by atoms with Crippen molar-refractivity contribution in [3.05, 3.63) is 53.7 Å². The molecule has 3 aromatic rings. The maximum atomic E-state index is 12.0. The molecule has 0 atom stereocenters. The van der Waals surface area contributed by atoms with Gasteiger partial charge in [0, 0.05) is 7.05 Å². The van der Waals surface area contributed by atoms with Gasteiger partial charge in [0.15, 0.2) is 0 Å². The van der Waals surface area contributed by atoms with E-state index in [2.05, 4.69) is 10.3 Å². The Morgan fingerprint density at radius 3 is 2.85 bits per heavy atom. The zero-order valence-corrected chi connectivity index (χ0v) is 11.4. The molecule has 2 heterocycles. The molecule has 102 valence electrons. The lowest BCUT2D eigenvalue weighted by Crippen LogP contribution is -2.24. The Morgan fingerprint density at radius 1 is 1.35 bits per heavy atom. The Hall–Kier alpha value is -2.56. The predicted molar refractivity (Wildman–Crippen MR) is 75.3 cm³/mol. The third-order valence-electron chi connectivity index (χ3n) is 3.39. The fourth-order valence-corrected chi connectivity index (χ4v) is 2.23. The van der Waals surface area contributed by atoms with E-state index in [0.717, 1.165) is 16.9 Å². The van der Waals surface area contributed by atoms with E-state index in [4.69, 9.17) is 4.42 Å². The first-order valence-electron chi connectivity index (χ1n) is 6.39. The van der Waals surface area contributed by atoms with Crippen molar-refractivity contribution in [1.29, 1.82) is 0 Å². The molecule has 0 radical (unpaired) electrons. The summed E-state index contributed by atoms with van der Waals surface area (Å²) in [4.78, 5) is 16.5. The monoisotopic (exact) mass is 269 g/mol. The molecule has 0 aliphatic rings. The molecule has 5 heteroatoms. The molecule has 20 heavy (non-hydrogen) atoms. The highest BCUT2D eigenvalue weighted by Crippen LogP contribution is 2.14. The van der Waals surface area contributed by atoms with E-state index in [-0.39, 0.29) is 5.91 Å². The summed E-state index contributed by atoms with van der Waals surface area (Å²) in [5.41, 5.74) is 2.54. The summed E-state index contributed by atoms with van der Waals surface area (Å²) in [6, 6.07) is 9.56. The summed E-state index contributed by atoms with van der Waals surface area (Å²) in [5, 5.41) is 2.86. The highest BCUT2D eigenvalue weighted by Gasteiger charge is 2.13. The first kappa shape index (κ1) is 12.5. The average molecular weight is 269 g/mol. The number of aryl methyl sites for hydroxylation is 2. The number of furan rings is 1. The zero-order chi connectivity index (χ0) is 14.1. The molecular weight excluding hydrogens is 254 g/mol. The van der Waals surface area contributed by atoms with Gasteiger partial charge >= 0.3 is 0 Å². The van der Waals surface area contributed by atoms with E-state index >= 15 is 0 Å². The van der Waals surface area contributed by atoms with Gasteiger partial charge in [0.2, 0.25) is 0 Å². The Morgan fingerprint density at radius 2 is 2.15 bits per heavy atom. The normalized spacial score (nSPS) is 10.9. The Bertz CT molecular complexity index is 770. The minimum atomic E-state index is -0.150. The molecule has 0 fully saturated rings. The molecule has 0 saturated carbocycles. The van der Waals surface area contributed by atoms with Gasteiger partial charge in [-0.1, -0.05) is 12.1 Å². The first-order chi connectivity index (χ1) is 9.66. The molecular formula is C15H15N3O2. The number of nitrogens with one attached hydrogen (secondary N) is 1. The van der Waals surface area contributed by atoms with Crippen molar-refractivity contribution >= 4 is 16.9 Å². The lowest BCUT2D eigenvalue weighted by Gasteiger charge is -2.04. The lowest BCUT2D eigenvalue weighted by molar-refractivity contribution is 0.0948. The van der Waals surface area contributed by atoms with Crippen LogP contribution in [0.4, 0.5) is 0 Å². The van der Waals surface area contributed by atoms with Crippen LogP contribution in [-0.2, 0) is 13.6 Å². The average Bonchev–Trinajstić information content (AvgIpc) is 3.01. The van der Waals surface area contributed by atoms with Crippen molar-refractivity contribution in [2.45, 2.75) is 13.5 Å². The van der Waals surface area contributed by atoms with E-state index in [0.29, 0.717) is 17.9 Å². The fourth-order valence-electron chi connectivity index (χ4n) is 2.23. The summed E-state index contributed by atoms with van der Waals surface area (Å²) < 4.78 is 7.11. The van der Waals surface area contributed by atoms with Gasteiger partial charge in [-0.25, -0.2) is 4.98 Å². The molecule has 1 aromatic carbocycles. The number of nitrogens with zero attached hydrogens (tertiary/aromatic N) is 2. The smallest absolute Gasteiger partial charge is 0.255 e. The van der Waals surface area contributed by atoms with Gasteiger partial charge in [-0.3, -0.25) is 4.79 Å². The predicted octanol–water partition coefficient (Wildman–Crippen LogP) is 2.40. The third kappa shape index (κ3) is 2.07. The minimum Gasteiger partial charge on any atom is -0.469 e. The second kappa shape index (κ2) is 4.85. The van der Waals surface area contributed by atoms with Crippen LogP contribution in [-0.4, -0.2) is 15.5 Å². The minimum absolute atomic E-state index is 0.150. The molecule has 0 saturated heterocycles. The van der Waals surface area contributed by atoms with E-state index in [9.17, 15) is 4.79 Å². The number of rotatable bonds is 3. The summed E-state index contributed by atoms with van der Waals surface area (Å²) >= 11 is 0. The van der Waals surface area contributed by atoms with E-state index in [1.165, 1.54) is 6.26 Å². The Labute approximate surface area is 116 Å². The van der Waals surface area contributed by atoms with Crippen LogP contribution in [0.3, 0.4) is 0 Å². The van der Waals surface area contributed by atoms with Crippen molar-refractivity contribution in [2.24, 2.45) is 7.05 Å². The lowest BCUT2D eigenvalue weighted by atomic mass is 10.2. The summed E-state index contributed by atoms with van der Waals surface area (Å²) in [7, 11) is 1.94.